The monoisotopic (exact) mass is 250 g/mol. The molecule has 2 nitrogen and oxygen atoms in total. The Morgan fingerprint density at radius 3 is 2.76 bits per heavy atom. The summed E-state index contributed by atoms with van der Waals surface area (Å²) in [6, 6.07) is 6.34. The highest BCUT2D eigenvalue weighted by molar-refractivity contribution is 8.00. The lowest BCUT2D eigenvalue weighted by atomic mass is 9.84. The Balaban J connectivity index is 2.04. The number of nitriles is 1. The number of anilines is 1. The summed E-state index contributed by atoms with van der Waals surface area (Å²) in [4.78, 5) is 0. The molecule has 1 saturated carbocycles. The molecule has 0 atom stereocenters. The van der Waals surface area contributed by atoms with E-state index in [1.54, 1.807) is 6.07 Å². The molecular formula is C13H15FN2S. The van der Waals surface area contributed by atoms with Crippen LogP contribution in [0.25, 0.3) is 0 Å². The topological polar surface area (TPSA) is 35.8 Å². The van der Waals surface area contributed by atoms with Crippen LogP contribution in [0.4, 0.5) is 10.1 Å². The number of thioether (sulfide) groups is 1. The minimum absolute atomic E-state index is 0.305. The molecule has 4 heteroatoms. The van der Waals surface area contributed by atoms with Crippen molar-refractivity contribution in [2.45, 2.75) is 24.0 Å². The van der Waals surface area contributed by atoms with Crippen LogP contribution in [0.1, 0.15) is 24.8 Å². The van der Waals surface area contributed by atoms with Gasteiger partial charge in [0.05, 0.1) is 11.6 Å². The van der Waals surface area contributed by atoms with Gasteiger partial charge in [-0.2, -0.15) is 17.0 Å². The van der Waals surface area contributed by atoms with Crippen molar-refractivity contribution in [3.63, 3.8) is 0 Å². The highest BCUT2D eigenvalue weighted by atomic mass is 32.2. The number of nitrogens with one attached hydrogen (secondary N) is 1. The molecule has 1 aliphatic rings. The second-order valence-corrected chi connectivity index (χ2v) is 5.71. The SMILES string of the molecule is CSC1(CNc2cc(F)cc(C#N)c2)CCC1. The first kappa shape index (κ1) is 12.3. The Kier molecular flexibility index (Phi) is 3.58. The van der Waals surface area contributed by atoms with Crippen molar-refractivity contribution in [1.29, 1.82) is 5.26 Å². The Hall–Kier alpha value is -1.21. The Labute approximate surface area is 105 Å². The van der Waals surface area contributed by atoms with E-state index in [-0.39, 0.29) is 5.82 Å². The third-order valence-electron chi connectivity index (χ3n) is 3.34. The van der Waals surface area contributed by atoms with Crippen LogP contribution in [0.15, 0.2) is 18.2 Å². The third-order valence-corrected chi connectivity index (χ3v) is 4.76. The lowest BCUT2D eigenvalue weighted by Crippen LogP contribution is -2.40. The van der Waals surface area contributed by atoms with Crippen molar-refractivity contribution >= 4 is 17.4 Å². The number of benzene rings is 1. The van der Waals surface area contributed by atoms with E-state index in [9.17, 15) is 4.39 Å². The quantitative estimate of drug-likeness (QED) is 0.889. The third kappa shape index (κ3) is 2.73. The summed E-state index contributed by atoms with van der Waals surface area (Å²) in [6.45, 7) is 0.836. The molecule has 0 heterocycles. The molecule has 0 spiro atoms. The minimum atomic E-state index is -0.363. The largest absolute Gasteiger partial charge is 0.384 e. The molecule has 0 saturated heterocycles. The molecule has 0 aliphatic heterocycles. The second-order valence-electron chi connectivity index (χ2n) is 4.43. The highest BCUT2D eigenvalue weighted by Gasteiger charge is 2.35. The van der Waals surface area contributed by atoms with Gasteiger partial charge in [-0.05, 0) is 37.3 Å². The molecule has 1 aliphatic carbocycles. The first-order valence-electron chi connectivity index (χ1n) is 5.67. The Morgan fingerprint density at radius 2 is 2.24 bits per heavy atom. The van der Waals surface area contributed by atoms with Crippen molar-refractivity contribution in [3.05, 3.63) is 29.6 Å². The number of rotatable bonds is 4. The van der Waals surface area contributed by atoms with Crippen molar-refractivity contribution in [2.24, 2.45) is 0 Å². The van der Waals surface area contributed by atoms with Gasteiger partial charge in [0.15, 0.2) is 0 Å². The molecule has 17 heavy (non-hydrogen) atoms. The second kappa shape index (κ2) is 4.97. The van der Waals surface area contributed by atoms with E-state index in [1.165, 1.54) is 31.4 Å². The first-order valence-corrected chi connectivity index (χ1v) is 6.90. The maximum atomic E-state index is 13.2. The fourth-order valence-electron chi connectivity index (χ4n) is 2.04. The summed E-state index contributed by atoms with van der Waals surface area (Å²) in [6.07, 6.45) is 5.81. The van der Waals surface area contributed by atoms with E-state index >= 15 is 0 Å². The molecule has 90 valence electrons. The molecular weight excluding hydrogens is 235 g/mol. The number of halogens is 1. The fraction of sp³-hybridized carbons (Fsp3) is 0.462. The maximum absolute atomic E-state index is 13.2. The van der Waals surface area contributed by atoms with Gasteiger partial charge in [-0.1, -0.05) is 6.42 Å². The molecule has 0 amide bonds. The lowest BCUT2D eigenvalue weighted by molar-refractivity contribution is 0.380. The number of hydrogen-bond donors (Lipinski definition) is 1. The average Bonchev–Trinajstić information content (AvgIpc) is 2.27. The van der Waals surface area contributed by atoms with Crippen LogP contribution < -0.4 is 5.32 Å². The van der Waals surface area contributed by atoms with Gasteiger partial charge in [-0.3, -0.25) is 0 Å². The van der Waals surface area contributed by atoms with Crippen LogP contribution in [-0.4, -0.2) is 17.5 Å². The van der Waals surface area contributed by atoms with Crippen LogP contribution in [-0.2, 0) is 0 Å². The maximum Gasteiger partial charge on any atom is 0.126 e. The normalized spacial score (nSPS) is 17.0. The van der Waals surface area contributed by atoms with Crippen molar-refractivity contribution in [3.8, 4) is 6.07 Å². The van der Waals surface area contributed by atoms with Gasteiger partial charge in [0, 0.05) is 17.0 Å². The van der Waals surface area contributed by atoms with Gasteiger partial charge in [0.2, 0.25) is 0 Å². The molecule has 0 radical (unpaired) electrons. The molecule has 0 unspecified atom stereocenters. The van der Waals surface area contributed by atoms with Gasteiger partial charge in [-0.25, -0.2) is 4.39 Å². The average molecular weight is 250 g/mol. The Bertz CT molecular complexity index is 444. The molecule has 0 aromatic heterocycles. The summed E-state index contributed by atoms with van der Waals surface area (Å²) < 4.78 is 13.5. The summed E-state index contributed by atoms with van der Waals surface area (Å²) >= 11 is 1.87. The van der Waals surface area contributed by atoms with Gasteiger partial charge >= 0.3 is 0 Å². The predicted molar refractivity (Wildman–Crippen MR) is 69.7 cm³/mol. The van der Waals surface area contributed by atoms with Crippen LogP contribution in [0.2, 0.25) is 0 Å². The first-order chi connectivity index (χ1) is 8.17. The van der Waals surface area contributed by atoms with Gasteiger partial charge in [0.1, 0.15) is 5.82 Å². The Morgan fingerprint density at radius 1 is 1.47 bits per heavy atom. The van der Waals surface area contributed by atoms with E-state index in [0.29, 0.717) is 16.0 Å². The predicted octanol–water partition coefficient (Wildman–Crippen LogP) is 3.39. The molecule has 1 aromatic carbocycles. The van der Waals surface area contributed by atoms with Crippen LogP contribution >= 0.6 is 11.8 Å². The molecule has 1 fully saturated rings. The van der Waals surface area contributed by atoms with E-state index in [0.717, 1.165) is 6.54 Å². The highest BCUT2D eigenvalue weighted by Crippen LogP contribution is 2.42. The van der Waals surface area contributed by atoms with Crippen molar-refractivity contribution in [1.82, 2.24) is 0 Å². The summed E-state index contributed by atoms with van der Waals surface area (Å²) in [5.74, 6) is -0.363. The van der Waals surface area contributed by atoms with E-state index in [1.807, 2.05) is 17.8 Å². The van der Waals surface area contributed by atoms with E-state index in [2.05, 4.69) is 11.6 Å². The molecule has 1 N–H and O–H groups in total. The van der Waals surface area contributed by atoms with Gasteiger partial charge in [-0.15, -0.1) is 0 Å². The van der Waals surface area contributed by atoms with Crippen molar-refractivity contribution in [2.75, 3.05) is 18.1 Å². The molecule has 2 rings (SSSR count). The van der Waals surface area contributed by atoms with Crippen LogP contribution in [0, 0.1) is 17.1 Å². The fourth-order valence-corrected chi connectivity index (χ4v) is 2.96. The van der Waals surface area contributed by atoms with Crippen LogP contribution in [0.5, 0.6) is 0 Å². The standard InChI is InChI=1S/C13H15FN2S/c1-17-13(3-2-4-13)9-16-12-6-10(8-15)5-11(14)7-12/h5-7,16H,2-4,9H2,1H3. The van der Waals surface area contributed by atoms with E-state index in [4.69, 9.17) is 5.26 Å². The lowest BCUT2D eigenvalue weighted by Gasteiger charge is -2.40. The number of hydrogen-bond acceptors (Lipinski definition) is 3. The van der Waals surface area contributed by atoms with Crippen LogP contribution in [0.3, 0.4) is 0 Å². The summed E-state index contributed by atoms with van der Waals surface area (Å²) in [5, 5.41) is 12.0. The van der Waals surface area contributed by atoms with Gasteiger partial charge in [0.25, 0.3) is 0 Å². The molecule has 0 bridgehead atoms. The zero-order chi connectivity index (χ0) is 12.3. The zero-order valence-electron chi connectivity index (χ0n) is 9.79. The smallest absolute Gasteiger partial charge is 0.126 e. The zero-order valence-corrected chi connectivity index (χ0v) is 10.6. The van der Waals surface area contributed by atoms with E-state index < -0.39 is 0 Å². The van der Waals surface area contributed by atoms with Crippen molar-refractivity contribution < 1.29 is 4.39 Å². The summed E-state index contributed by atoms with van der Waals surface area (Å²) in [7, 11) is 0. The molecule has 1 aromatic rings. The number of nitrogens with zero attached hydrogens (tertiary/aromatic N) is 1. The minimum Gasteiger partial charge on any atom is -0.384 e. The summed E-state index contributed by atoms with van der Waals surface area (Å²) in [5.41, 5.74) is 1.06. The van der Waals surface area contributed by atoms with Gasteiger partial charge < -0.3 is 5.32 Å².